The Hall–Kier alpha value is -2.50. The van der Waals surface area contributed by atoms with Gasteiger partial charge in [0, 0.05) is 22.3 Å². The van der Waals surface area contributed by atoms with Crippen LogP contribution in [0, 0.1) is 6.92 Å². The van der Waals surface area contributed by atoms with E-state index >= 15 is 0 Å². The predicted molar refractivity (Wildman–Crippen MR) is 103 cm³/mol. The molecule has 134 valence electrons. The molecule has 0 unspecified atom stereocenters. The van der Waals surface area contributed by atoms with E-state index in [1.54, 1.807) is 23.0 Å². The summed E-state index contributed by atoms with van der Waals surface area (Å²) in [5.41, 5.74) is 2.77. The maximum Gasteiger partial charge on any atom is 0.258 e. The lowest BCUT2D eigenvalue weighted by Crippen LogP contribution is -2.12. The molecule has 1 heterocycles. The largest absolute Gasteiger partial charge is 0.495 e. The Morgan fingerprint density at radius 1 is 1.23 bits per heavy atom. The van der Waals surface area contributed by atoms with E-state index in [-0.39, 0.29) is 5.91 Å². The summed E-state index contributed by atoms with van der Waals surface area (Å²) in [5.74, 6) is 0.216. The van der Waals surface area contributed by atoms with Gasteiger partial charge in [0.15, 0.2) is 0 Å². The standard InChI is InChI=1S/C19H17Cl2N3O2/c1-12-7-17(18(26-2)8-16(12)21)23-19(25)14-9-22-24(11-14)10-13-5-3-4-6-15(13)20/h3-9,11H,10H2,1-2H3,(H,23,25). The number of methoxy groups -OCH3 is 1. The highest BCUT2D eigenvalue weighted by Gasteiger charge is 2.14. The first-order chi connectivity index (χ1) is 12.5. The minimum Gasteiger partial charge on any atom is -0.495 e. The number of carbonyl (C=O) groups excluding carboxylic acids is 1. The highest BCUT2D eigenvalue weighted by Crippen LogP contribution is 2.31. The maximum absolute atomic E-state index is 12.5. The second-order valence-electron chi connectivity index (χ2n) is 5.77. The van der Waals surface area contributed by atoms with Gasteiger partial charge in [-0.3, -0.25) is 9.48 Å². The highest BCUT2D eigenvalue weighted by molar-refractivity contribution is 6.31. The van der Waals surface area contributed by atoms with Crippen molar-refractivity contribution in [2.75, 3.05) is 12.4 Å². The van der Waals surface area contributed by atoms with Crippen LogP contribution in [0.25, 0.3) is 0 Å². The summed E-state index contributed by atoms with van der Waals surface area (Å²) in [4.78, 5) is 12.5. The van der Waals surface area contributed by atoms with Gasteiger partial charge in [0.25, 0.3) is 5.91 Å². The summed E-state index contributed by atoms with van der Waals surface area (Å²) >= 11 is 12.3. The molecule has 3 rings (SSSR count). The predicted octanol–water partition coefficient (Wildman–Crippen LogP) is 4.81. The minimum atomic E-state index is -0.282. The third-order valence-corrected chi connectivity index (χ3v) is 4.69. The van der Waals surface area contributed by atoms with E-state index in [2.05, 4.69) is 10.4 Å². The molecule has 5 nitrogen and oxygen atoms in total. The number of carbonyl (C=O) groups is 1. The Morgan fingerprint density at radius 3 is 2.73 bits per heavy atom. The molecule has 0 saturated heterocycles. The number of ether oxygens (including phenoxy) is 1. The summed E-state index contributed by atoms with van der Waals surface area (Å²) in [7, 11) is 1.53. The number of amides is 1. The molecule has 0 saturated carbocycles. The Labute approximate surface area is 161 Å². The van der Waals surface area contributed by atoms with Crippen LogP contribution in [0.4, 0.5) is 5.69 Å². The number of aryl methyl sites for hydroxylation is 1. The molecule has 2 aromatic carbocycles. The van der Waals surface area contributed by atoms with Gasteiger partial charge in [-0.1, -0.05) is 41.4 Å². The van der Waals surface area contributed by atoms with Crippen LogP contribution in [-0.2, 0) is 6.54 Å². The van der Waals surface area contributed by atoms with E-state index in [0.717, 1.165) is 11.1 Å². The maximum atomic E-state index is 12.5. The monoisotopic (exact) mass is 389 g/mol. The zero-order chi connectivity index (χ0) is 18.7. The molecule has 26 heavy (non-hydrogen) atoms. The van der Waals surface area contributed by atoms with Crippen LogP contribution in [0.5, 0.6) is 5.75 Å². The topological polar surface area (TPSA) is 56.1 Å². The van der Waals surface area contributed by atoms with Crippen molar-refractivity contribution in [3.63, 3.8) is 0 Å². The molecule has 0 radical (unpaired) electrons. The molecule has 0 aliphatic carbocycles. The first kappa shape index (κ1) is 18.3. The lowest BCUT2D eigenvalue weighted by Gasteiger charge is -2.11. The molecule has 0 atom stereocenters. The highest BCUT2D eigenvalue weighted by atomic mass is 35.5. The first-order valence-electron chi connectivity index (χ1n) is 7.89. The van der Waals surface area contributed by atoms with E-state index in [0.29, 0.717) is 33.6 Å². The molecule has 0 spiro atoms. The van der Waals surface area contributed by atoms with Gasteiger partial charge < -0.3 is 10.1 Å². The minimum absolute atomic E-state index is 0.282. The van der Waals surface area contributed by atoms with Crippen LogP contribution in [0.2, 0.25) is 10.0 Å². The number of nitrogens with one attached hydrogen (secondary N) is 1. The molecule has 0 aliphatic heterocycles. The van der Waals surface area contributed by atoms with Crippen LogP contribution < -0.4 is 10.1 Å². The fraction of sp³-hybridized carbons (Fsp3) is 0.158. The van der Waals surface area contributed by atoms with Gasteiger partial charge >= 0.3 is 0 Å². The zero-order valence-corrected chi connectivity index (χ0v) is 15.8. The molecule has 7 heteroatoms. The van der Waals surface area contributed by atoms with Gasteiger partial charge in [0.1, 0.15) is 5.75 Å². The van der Waals surface area contributed by atoms with Gasteiger partial charge in [-0.25, -0.2) is 0 Å². The molecular weight excluding hydrogens is 373 g/mol. The second kappa shape index (κ2) is 7.81. The molecule has 3 aromatic rings. The van der Waals surface area contributed by atoms with Gasteiger partial charge in [-0.15, -0.1) is 0 Å². The van der Waals surface area contributed by atoms with Crippen LogP contribution in [0.1, 0.15) is 21.5 Å². The van der Waals surface area contributed by atoms with Crippen molar-refractivity contribution in [3.8, 4) is 5.75 Å². The fourth-order valence-electron chi connectivity index (χ4n) is 2.49. The molecule has 1 N–H and O–H groups in total. The molecule has 0 bridgehead atoms. The number of hydrogen-bond acceptors (Lipinski definition) is 3. The summed E-state index contributed by atoms with van der Waals surface area (Å²) in [6.07, 6.45) is 3.19. The number of rotatable bonds is 5. The summed E-state index contributed by atoms with van der Waals surface area (Å²) in [6.45, 7) is 2.34. The van der Waals surface area contributed by atoms with Crippen molar-refractivity contribution in [2.45, 2.75) is 13.5 Å². The van der Waals surface area contributed by atoms with E-state index < -0.39 is 0 Å². The van der Waals surface area contributed by atoms with E-state index in [9.17, 15) is 4.79 Å². The summed E-state index contributed by atoms with van der Waals surface area (Å²) in [6, 6.07) is 11.0. The molecular formula is C19H17Cl2N3O2. The van der Waals surface area contributed by atoms with E-state index in [1.165, 1.54) is 13.3 Å². The number of benzene rings is 2. The third kappa shape index (κ3) is 4.00. The first-order valence-corrected chi connectivity index (χ1v) is 8.65. The molecule has 0 aliphatic rings. The Balaban J connectivity index is 1.77. The van der Waals surface area contributed by atoms with Gasteiger partial charge in [0.05, 0.1) is 31.1 Å². The third-order valence-electron chi connectivity index (χ3n) is 3.91. The quantitative estimate of drug-likeness (QED) is 0.681. The van der Waals surface area contributed by atoms with E-state index in [4.69, 9.17) is 27.9 Å². The smallest absolute Gasteiger partial charge is 0.258 e. The Kier molecular flexibility index (Phi) is 5.49. The van der Waals surface area contributed by atoms with Crippen molar-refractivity contribution < 1.29 is 9.53 Å². The Bertz CT molecular complexity index is 954. The molecule has 1 aromatic heterocycles. The van der Waals surface area contributed by atoms with Crippen LogP contribution in [-0.4, -0.2) is 22.8 Å². The van der Waals surface area contributed by atoms with Crippen molar-refractivity contribution >= 4 is 34.8 Å². The van der Waals surface area contributed by atoms with Crippen LogP contribution >= 0.6 is 23.2 Å². The molecule has 1 amide bonds. The van der Waals surface area contributed by atoms with Crippen molar-refractivity contribution in [1.82, 2.24) is 9.78 Å². The van der Waals surface area contributed by atoms with Crippen molar-refractivity contribution in [1.29, 1.82) is 0 Å². The lowest BCUT2D eigenvalue weighted by molar-refractivity contribution is 0.102. The fourth-order valence-corrected chi connectivity index (χ4v) is 2.84. The number of halogens is 2. The van der Waals surface area contributed by atoms with E-state index in [1.807, 2.05) is 31.2 Å². The van der Waals surface area contributed by atoms with Crippen LogP contribution in [0.3, 0.4) is 0 Å². The van der Waals surface area contributed by atoms with Gasteiger partial charge in [-0.05, 0) is 30.2 Å². The average Bonchev–Trinajstić information content (AvgIpc) is 3.08. The summed E-state index contributed by atoms with van der Waals surface area (Å²) < 4.78 is 6.95. The van der Waals surface area contributed by atoms with Crippen molar-refractivity contribution in [3.05, 3.63) is 75.5 Å². The second-order valence-corrected chi connectivity index (χ2v) is 6.59. The number of nitrogens with zero attached hydrogens (tertiary/aromatic N) is 2. The van der Waals surface area contributed by atoms with Crippen molar-refractivity contribution in [2.24, 2.45) is 0 Å². The van der Waals surface area contributed by atoms with Crippen LogP contribution in [0.15, 0.2) is 48.8 Å². The van der Waals surface area contributed by atoms with Gasteiger partial charge in [0.2, 0.25) is 0 Å². The SMILES string of the molecule is COc1cc(Cl)c(C)cc1NC(=O)c1cnn(Cc2ccccc2Cl)c1. The number of hydrogen-bond donors (Lipinski definition) is 1. The normalized spacial score (nSPS) is 10.6. The average molecular weight is 390 g/mol. The number of aromatic nitrogens is 2. The Morgan fingerprint density at radius 2 is 2.00 bits per heavy atom. The molecule has 0 fully saturated rings. The van der Waals surface area contributed by atoms with Gasteiger partial charge in [-0.2, -0.15) is 5.10 Å². The zero-order valence-electron chi connectivity index (χ0n) is 14.3. The lowest BCUT2D eigenvalue weighted by atomic mass is 10.2. The number of anilines is 1. The summed E-state index contributed by atoms with van der Waals surface area (Å²) in [5, 5.41) is 8.31.